The van der Waals surface area contributed by atoms with E-state index in [4.69, 9.17) is 4.74 Å². The number of benzene rings is 1. The van der Waals surface area contributed by atoms with Crippen molar-refractivity contribution in [2.45, 2.75) is 31.7 Å². The minimum atomic E-state index is -1.10. The molecule has 1 saturated heterocycles. The summed E-state index contributed by atoms with van der Waals surface area (Å²) in [7, 11) is 1.53. The van der Waals surface area contributed by atoms with Crippen molar-refractivity contribution in [3.63, 3.8) is 0 Å². The van der Waals surface area contributed by atoms with Gasteiger partial charge in [0.25, 0.3) is 0 Å². The number of carbonyl (C=O) groups is 3. The monoisotopic (exact) mass is 355 g/mol. The third kappa shape index (κ3) is 2.77. The number of nitrogens with zero attached hydrogens (tertiary/aromatic N) is 2. The van der Waals surface area contributed by atoms with Crippen LogP contribution in [0.3, 0.4) is 0 Å². The van der Waals surface area contributed by atoms with Gasteiger partial charge in [-0.05, 0) is 43.2 Å². The fraction of sp³-hybridized carbons (Fsp3) is 0.474. The van der Waals surface area contributed by atoms with Gasteiger partial charge in [0.15, 0.2) is 5.92 Å². The van der Waals surface area contributed by atoms with E-state index in [9.17, 15) is 14.4 Å². The Labute approximate surface area is 151 Å². The Bertz CT molecular complexity index is 791. The highest BCUT2D eigenvalue weighted by Crippen LogP contribution is 2.47. The third-order valence-electron chi connectivity index (χ3n) is 5.72. The number of imide groups is 2. The first-order valence-electron chi connectivity index (χ1n) is 8.93. The SMILES string of the molecule is COc1ccccc1N=C[C@@H]1C(=O)NC(=O)N([C@@H]2C[C@H]3CC[C@H]2C3)C1=O. The number of para-hydroxylation sites is 2. The van der Waals surface area contributed by atoms with Gasteiger partial charge in [-0.1, -0.05) is 18.6 Å². The summed E-state index contributed by atoms with van der Waals surface area (Å²) < 4.78 is 5.23. The molecule has 7 nitrogen and oxygen atoms in total. The summed E-state index contributed by atoms with van der Waals surface area (Å²) in [5.74, 6) is -0.711. The zero-order chi connectivity index (χ0) is 18.3. The second-order valence-electron chi connectivity index (χ2n) is 7.17. The quantitative estimate of drug-likeness (QED) is 0.663. The Morgan fingerprint density at radius 2 is 2.00 bits per heavy atom. The van der Waals surface area contributed by atoms with Crippen LogP contribution < -0.4 is 10.1 Å². The summed E-state index contributed by atoms with van der Waals surface area (Å²) in [6.45, 7) is 0. The number of rotatable bonds is 4. The van der Waals surface area contributed by atoms with Gasteiger partial charge in [0.05, 0.1) is 7.11 Å². The maximum Gasteiger partial charge on any atom is 0.331 e. The van der Waals surface area contributed by atoms with Gasteiger partial charge in [-0.25, -0.2) is 4.79 Å². The zero-order valence-electron chi connectivity index (χ0n) is 14.6. The molecule has 136 valence electrons. The summed E-state index contributed by atoms with van der Waals surface area (Å²) in [6.07, 6.45) is 5.43. The lowest BCUT2D eigenvalue weighted by molar-refractivity contribution is -0.141. The second kappa shape index (κ2) is 6.55. The molecule has 26 heavy (non-hydrogen) atoms. The van der Waals surface area contributed by atoms with E-state index in [0.29, 0.717) is 23.3 Å². The Morgan fingerprint density at radius 1 is 1.19 bits per heavy atom. The highest BCUT2D eigenvalue weighted by Gasteiger charge is 2.50. The van der Waals surface area contributed by atoms with Crippen molar-refractivity contribution in [2.75, 3.05) is 7.11 Å². The van der Waals surface area contributed by atoms with E-state index in [1.165, 1.54) is 24.6 Å². The van der Waals surface area contributed by atoms with Crippen LogP contribution in [-0.4, -0.2) is 42.1 Å². The largest absolute Gasteiger partial charge is 0.494 e. The van der Waals surface area contributed by atoms with Crippen molar-refractivity contribution in [3.05, 3.63) is 24.3 Å². The normalized spacial score (nSPS) is 31.0. The summed E-state index contributed by atoms with van der Waals surface area (Å²) in [5.41, 5.74) is 0.527. The van der Waals surface area contributed by atoms with Gasteiger partial charge in [-0.2, -0.15) is 0 Å². The fourth-order valence-electron chi connectivity index (χ4n) is 4.47. The second-order valence-corrected chi connectivity index (χ2v) is 7.17. The highest BCUT2D eigenvalue weighted by molar-refractivity contribution is 6.23. The molecule has 4 rings (SSSR count). The number of nitrogens with one attached hydrogen (secondary N) is 1. The first-order valence-corrected chi connectivity index (χ1v) is 8.93. The molecule has 2 bridgehead atoms. The van der Waals surface area contributed by atoms with E-state index in [1.807, 2.05) is 6.07 Å². The molecule has 2 aliphatic carbocycles. The molecular formula is C19H21N3O4. The van der Waals surface area contributed by atoms with E-state index >= 15 is 0 Å². The number of methoxy groups -OCH3 is 1. The lowest BCUT2D eigenvalue weighted by atomic mass is 9.92. The van der Waals surface area contributed by atoms with E-state index in [-0.39, 0.29) is 6.04 Å². The predicted octanol–water partition coefficient (Wildman–Crippen LogP) is 2.28. The number of amides is 4. The number of barbiturate groups is 1. The van der Waals surface area contributed by atoms with Crippen LogP contribution in [0, 0.1) is 17.8 Å². The van der Waals surface area contributed by atoms with Crippen LogP contribution in [0.15, 0.2) is 29.3 Å². The minimum Gasteiger partial charge on any atom is -0.494 e. The molecule has 1 N–H and O–H groups in total. The maximum atomic E-state index is 12.9. The minimum absolute atomic E-state index is 0.100. The summed E-state index contributed by atoms with van der Waals surface area (Å²) >= 11 is 0. The molecule has 1 aromatic carbocycles. The summed E-state index contributed by atoms with van der Waals surface area (Å²) in [4.78, 5) is 43.0. The van der Waals surface area contributed by atoms with Crippen LogP contribution in [-0.2, 0) is 9.59 Å². The fourth-order valence-corrected chi connectivity index (χ4v) is 4.47. The van der Waals surface area contributed by atoms with Crippen LogP contribution in [0.5, 0.6) is 5.75 Å². The number of ether oxygens (including phenoxy) is 1. The molecule has 3 aliphatic rings. The summed E-state index contributed by atoms with van der Waals surface area (Å²) in [5, 5.41) is 2.32. The van der Waals surface area contributed by atoms with Gasteiger partial charge >= 0.3 is 6.03 Å². The molecule has 4 atom stereocenters. The van der Waals surface area contributed by atoms with Gasteiger partial charge < -0.3 is 4.74 Å². The Kier molecular flexibility index (Phi) is 4.22. The molecule has 2 saturated carbocycles. The van der Waals surface area contributed by atoms with Gasteiger partial charge in [0.2, 0.25) is 11.8 Å². The molecule has 7 heteroatoms. The standard InChI is InChI=1S/C19H21N3O4/c1-26-16-5-3-2-4-14(16)20-10-13-17(23)21-19(25)22(18(13)24)15-9-11-6-7-12(15)8-11/h2-5,10-13,15H,6-9H2,1H3,(H,21,23,25)/t11-,12-,13+,15+/m0/s1. The molecular weight excluding hydrogens is 334 g/mol. The molecule has 0 spiro atoms. The average Bonchev–Trinajstić information content (AvgIpc) is 3.25. The third-order valence-corrected chi connectivity index (χ3v) is 5.72. The van der Waals surface area contributed by atoms with E-state index in [1.54, 1.807) is 18.2 Å². The van der Waals surface area contributed by atoms with Gasteiger partial charge in [0, 0.05) is 12.3 Å². The number of hydrogen-bond donors (Lipinski definition) is 1. The van der Waals surface area contributed by atoms with Crippen LogP contribution in [0.25, 0.3) is 0 Å². The molecule has 0 unspecified atom stereocenters. The van der Waals surface area contributed by atoms with Crippen LogP contribution in [0.1, 0.15) is 25.7 Å². The molecule has 1 aromatic rings. The van der Waals surface area contributed by atoms with E-state index in [0.717, 1.165) is 19.3 Å². The van der Waals surface area contributed by atoms with Crippen LogP contribution >= 0.6 is 0 Å². The molecule has 1 heterocycles. The maximum absolute atomic E-state index is 12.9. The lowest BCUT2D eigenvalue weighted by Crippen LogP contribution is -2.62. The van der Waals surface area contributed by atoms with Gasteiger partial charge in [-0.3, -0.25) is 24.8 Å². The van der Waals surface area contributed by atoms with Crippen molar-refractivity contribution >= 4 is 29.7 Å². The Morgan fingerprint density at radius 3 is 2.69 bits per heavy atom. The van der Waals surface area contributed by atoms with Crippen LogP contribution in [0.2, 0.25) is 0 Å². The van der Waals surface area contributed by atoms with Gasteiger partial charge in [0.1, 0.15) is 11.4 Å². The lowest BCUT2D eigenvalue weighted by Gasteiger charge is -2.36. The average molecular weight is 355 g/mol. The van der Waals surface area contributed by atoms with E-state index in [2.05, 4.69) is 10.3 Å². The number of hydrogen-bond acceptors (Lipinski definition) is 5. The molecule has 1 aliphatic heterocycles. The van der Waals surface area contributed by atoms with E-state index < -0.39 is 23.8 Å². The number of urea groups is 1. The molecule has 0 aromatic heterocycles. The predicted molar refractivity (Wildman–Crippen MR) is 94.3 cm³/mol. The highest BCUT2D eigenvalue weighted by atomic mass is 16.5. The molecule has 3 fully saturated rings. The van der Waals surface area contributed by atoms with Crippen molar-refractivity contribution in [1.29, 1.82) is 0 Å². The Hall–Kier alpha value is -2.70. The smallest absolute Gasteiger partial charge is 0.331 e. The van der Waals surface area contributed by atoms with Crippen molar-refractivity contribution in [1.82, 2.24) is 10.2 Å². The van der Waals surface area contributed by atoms with Crippen molar-refractivity contribution in [3.8, 4) is 5.75 Å². The van der Waals surface area contributed by atoms with Crippen LogP contribution in [0.4, 0.5) is 10.5 Å². The first kappa shape index (κ1) is 16.8. The van der Waals surface area contributed by atoms with Crippen molar-refractivity contribution < 1.29 is 19.1 Å². The number of aliphatic imine (C=N–C) groups is 1. The molecule has 0 radical (unpaired) electrons. The first-order chi connectivity index (χ1) is 12.6. The van der Waals surface area contributed by atoms with Gasteiger partial charge in [-0.15, -0.1) is 0 Å². The topological polar surface area (TPSA) is 88.1 Å². The summed E-state index contributed by atoms with van der Waals surface area (Å²) in [6, 6.07) is 6.39. The Balaban J connectivity index is 1.57. The van der Waals surface area contributed by atoms with Crippen molar-refractivity contribution in [2.24, 2.45) is 22.7 Å². The number of fused-ring (bicyclic) bond motifs is 2. The molecule has 4 amide bonds. The zero-order valence-corrected chi connectivity index (χ0v) is 14.6. The number of carbonyl (C=O) groups excluding carboxylic acids is 3.